The van der Waals surface area contributed by atoms with Gasteiger partial charge in [-0.2, -0.15) is 16.3 Å². The highest BCUT2D eigenvalue weighted by Crippen LogP contribution is 2.10. The molecule has 0 fully saturated rings. The number of rotatable bonds is 2. The van der Waals surface area contributed by atoms with Crippen molar-refractivity contribution in [2.24, 2.45) is 0 Å². The largest absolute Gasteiger partial charge is 0.378 e. The van der Waals surface area contributed by atoms with Crippen LogP contribution in [0.5, 0.6) is 0 Å². The number of nitriles is 1. The van der Waals surface area contributed by atoms with Gasteiger partial charge in [0.2, 0.25) is 0 Å². The molecule has 0 unspecified atom stereocenters. The van der Waals surface area contributed by atoms with E-state index >= 15 is 0 Å². The summed E-state index contributed by atoms with van der Waals surface area (Å²) in [5.41, 5.74) is 0.898. The van der Waals surface area contributed by atoms with Gasteiger partial charge in [0.15, 0.2) is 0 Å². The van der Waals surface area contributed by atoms with E-state index in [0.717, 1.165) is 0 Å². The van der Waals surface area contributed by atoms with Crippen molar-refractivity contribution >= 4 is 18.5 Å². The summed E-state index contributed by atoms with van der Waals surface area (Å²) in [6, 6.07) is 2.03. The van der Waals surface area contributed by atoms with Gasteiger partial charge in [0.05, 0.1) is 18.1 Å². The first-order valence-corrected chi connectivity index (χ1v) is 10.1. The predicted molar refractivity (Wildman–Crippen MR) is 81.0 cm³/mol. The fraction of sp³-hybridized carbons (Fsp3) is 0.769. The highest BCUT2D eigenvalue weighted by atomic mass is 35.6. The minimum absolute atomic E-state index is 0.269. The van der Waals surface area contributed by atoms with Crippen molar-refractivity contribution in [3.63, 3.8) is 0 Å². The van der Waals surface area contributed by atoms with Crippen LogP contribution in [0.25, 0.3) is 0 Å². The summed E-state index contributed by atoms with van der Waals surface area (Å²) >= 11 is 5.67. The SMILES string of the molecule is C=C(C)C.COC(C)(C)CC#N.C[Si](C)(C)Cl. The second-order valence-corrected chi connectivity index (χ2v) is 13.1. The van der Waals surface area contributed by atoms with Crippen LogP contribution in [-0.2, 0) is 4.74 Å². The number of allylic oxidation sites excluding steroid dienone is 1. The molecule has 0 atom stereocenters. The molecule has 0 aliphatic carbocycles. The Kier molecular flexibility index (Phi) is 14.0. The van der Waals surface area contributed by atoms with E-state index in [9.17, 15) is 0 Å². The standard InChI is InChI=1S/C6H11NO.C4H8.C3H9ClSi/c1-6(2,8-3)4-5-7;1-4(2)3;1-5(2,3)4/h4H2,1-3H3;1H2,2-3H3;1-3H3. The van der Waals surface area contributed by atoms with Gasteiger partial charge in [0.25, 0.3) is 0 Å². The Morgan fingerprint density at radius 2 is 1.59 bits per heavy atom. The van der Waals surface area contributed by atoms with Crippen LogP contribution in [0.15, 0.2) is 12.2 Å². The smallest absolute Gasteiger partial charge is 0.147 e. The van der Waals surface area contributed by atoms with E-state index in [0.29, 0.717) is 6.42 Å². The molecule has 0 rings (SSSR count). The van der Waals surface area contributed by atoms with Crippen molar-refractivity contribution in [2.45, 2.75) is 59.4 Å². The second kappa shape index (κ2) is 10.8. The van der Waals surface area contributed by atoms with Crippen LogP contribution in [0, 0.1) is 11.3 Å². The van der Waals surface area contributed by atoms with Gasteiger partial charge in [-0.25, -0.2) is 0 Å². The molecule has 0 amide bonds. The number of hydrogen-bond donors (Lipinski definition) is 0. The summed E-state index contributed by atoms with van der Waals surface area (Å²) in [5, 5.41) is 8.20. The van der Waals surface area contributed by atoms with Crippen molar-refractivity contribution in [3.05, 3.63) is 12.2 Å². The average molecular weight is 278 g/mol. The first kappa shape index (κ1) is 21.9. The second-order valence-electron chi connectivity index (χ2n) is 5.57. The average Bonchev–Trinajstić information content (AvgIpc) is 2.00. The number of hydrogen-bond acceptors (Lipinski definition) is 2. The molecule has 0 aliphatic heterocycles. The fourth-order valence-electron chi connectivity index (χ4n) is 0.263. The lowest BCUT2D eigenvalue weighted by atomic mass is 10.1. The van der Waals surface area contributed by atoms with Crippen LogP contribution in [0.2, 0.25) is 19.6 Å². The molecule has 0 aromatic rings. The maximum absolute atomic E-state index is 8.20. The number of ether oxygens (including phenoxy) is 1. The lowest BCUT2D eigenvalue weighted by molar-refractivity contribution is 0.0270. The molecule has 0 aliphatic rings. The quantitative estimate of drug-likeness (QED) is 0.406. The lowest BCUT2D eigenvalue weighted by Gasteiger charge is -2.17. The van der Waals surface area contributed by atoms with Crippen molar-refractivity contribution in [2.75, 3.05) is 7.11 Å². The van der Waals surface area contributed by atoms with Crippen molar-refractivity contribution in [1.29, 1.82) is 5.26 Å². The molecule has 0 radical (unpaired) electrons. The van der Waals surface area contributed by atoms with E-state index in [-0.39, 0.29) is 5.60 Å². The van der Waals surface area contributed by atoms with E-state index in [1.165, 1.54) is 5.57 Å². The highest BCUT2D eigenvalue weighted by Gasteiger charge is 2.14. The molecule has 0 saturated carbocycles. The molecule has 0 aromatic heterocycles. The molecule has 0 spiro atoms. The molecule has 0 heterocycles. The zero-order valence-corrected chi connectivity index (χ0v) is 14.4. The molecule has 4 heteroatoms. The van der Waals surface area contributed by atoms with E-state index in [1.54, 1.807) is 7.11 Å². The third kappa shape index (κ3) is 65.7. The first-order valence-electron chi connectivity index (χ1n) is 5.59. The van der Waals surface area contributed by atoms with Gasteiger partial charge in [-0.3, -0.25) is 0 Å². The van der Waals surface area contributed by atoms with Gasteiger partial charge in [-0.05, 0) is 27.7 Å². The van der Waals surface area contributed by atoms with Gasteiger partial charge in [-0.1, -0.05) is 25.2 Å². The summed E-state index contributed by atoms with van der Waals surface area (Å²) in [6.45, 7) is 17.5. The van der Waals surface area contributed by atoms with Crippen LogP contribution in [0.3, 0.4) is 0 Å². The van der Waals surface area contributed by atoms with Gasteiger partial charge in [-0.15, -0.1) is 6.58 Å². The van der Waals surface area contributed by atoms with Crippen LogP contribution >= 0.6 is 11.1 Å². The molecule has 0 N–H and O–H groups in total. The maximum atomic E-state index is 8.20. The van der Waals surface area contributed by atoms with E-state index in [2.05, 4.69) is 26.2 Å². The predicted octanol–water partition coefficient (Wildman–Crippen LogP) is 4.97. The molecule has 2 nitrogen and oxygen atoms in total. The van der Waals surface area contributed by atoms with Crippen LogP contribution < -0.4 is 0 Å². The third-order valence-electron chi connectivity index (χ3n) is 1.06. The lowest BCUT2D eigenvalue weighted by Crippen LogP contribution is -2.20. The molecule has 0 bridgehead atoms. The Hall–Kier alpha value is -0.303. The fourth-order valence-corrected chi connectivity index (χ4v) is 0.263. The van der Waals surface area contributed by atoms with Crippen LogP contribution in [0.4, 0.5) is 0 Å². The Morgan fingerprint density at radius 3 is 1.65 bits per heavy atom. The Labute approximate surface area is 113 Å². The summed E-state index contributed by atoms with van der Waals surface area (Å²) in [4.78, 5) is 0. The van der Waals surface area contributed by atoms with Crippen LogP contribution in [0.1, 0.15) is 34.1 Å². The number of nitrogens with zero attached hydrogens (tertiary/aromatic N) is 1. The minimum Gasteiger partial charge on any atom is -0.378 e. The van der Waals surface area contributed by atoms with Crippen molar-refractivity contribution < 1.29 is 4.74 Å². The maximum Gasteiger partial charge on any atom is 0.147 e. The molecular weight excluding hydrogens is 250 g/mol. The molecular formula is C13H28ClNOSi. The van der Waals surface area contributed by atoms with Crippen molar-refractivity contribution in [3.8, 4) is 6.07 Å². The Morgan fingerprint density at radius 1 is 1.35 bits per heavy atom. The van der Waals surface area contributed by atoms with Gasteiger partial charge in [0.1, 0.15) is 7.38 Å². The highest BCUT2D eigenvalue weighted by molar-refractivity contribution is 7.18. The van der Waals surface area contributed by atoms with E-state index in [4.69, 9.17) is 21.1 Å². The van der Waals surface area contributed by atoms with Gasteiger partial charge in [0, 0.05) is 7.11 Å². The number of halogens is 1. The van der Waals surface area contributed by atoms with E-state index < -0.39 is 7.38 Å². The van der Waals surface area contributed by atoms with Crippen molar-refractivity contribution in [1.82, 2.24) is 0 Å². The van der Waals surface area contributed by atoms with Gasteiger partial charge >= 0.3 is 0 Å². The summed E-state index contributed by atoms with van der Waals surface area (Å²) in [6.07, 6.45) is 0.448. The Balaban J connectivity index is -0.000000188. The van der Waals surface area contributed by atoms with Gasteiger partial charge < -0.3 is 4.74 Å². The zero-order chi connectivity index (χ0) is 14.7. The molecule has 102 valence electrons. The first-order chi connectivity index (χ1) is 7.35. The molecule has 17 heavy (non-hydrogen) atoms. The van der Waals surface area contributed by atoms with Crippen LogP contribution in [-0.4, -0.2) is 20.1 Å². The summed E-state index contributed by atoms with van der Waals surface area (Å²) < 4.78 is 4.96. The molecule has 0 saturated heterocycles. The zero-order valence-electron chi connectivity index (χ0n) is 12.6. The molecule has 0 aromatic carbocycles. The summed E-state index contributed by atoms with van der Waals surface area (Å²) in [7, 11) is 0.470. The normalized spacial score (nSPS) is 10.1. The van der Waals surface area contributed by atoms with E-state index in [1.807, 2.05) is 33.8 Å². The number of methoxy groups -OCH3 is 1. The Bertz CT molecular complexity index is 229. The summed E-state index contributed by atoms with van der Waals surface area (Å²) in [5.74, 6) is 0. The third-order valence-corrected chi connectivity index (χ3v) is 1.06. The monoisotopic (exact) mass is 277 g/mol. The minimum atomic E-state index is -1.14. The topological polar surface area (TPSA) is 33.0 Å².